The number of methoxy groups -OCH3 is 2. The van der Waals surface area contributed by atoms with Gasteiger partial charge in [-0.15, -0.1) is 0 Å². The lowest BCUT2D eigenvalue weighted by molar-refractivity contribution is 0.384. The number of hydrogen-bond donors (Lipinski definition) is 1. The smallest absolute Gasteiger partial charge is 0.213 e. The fourth-order valence-electron chi connectivity index (χ4n) is 4.00. The molecule has 0 unspecified atom stereocenters. The van der Waals surface area contributed by atoms with Crippen LogP contribution in [0.4, 0.5) is 10.2 Å². The van der Waals surface area contributed by atoms with E-state index in [0.29, 0.717) is 40.9 Å². The Labute approximate surface area is 218 Å². The normalized spacial score (nSPS) is 11.0. The number of halogens is 2. The number of fused-ring (bicyclic) bond motifs is 1. The summed E-state index contributed by atoms with van der Waals surface area (Å²) in [6, 6.07) is 17.2. The van der Waals surface area contributed by atoms with Gasteiger partial charge in [0.2, 0.25) is 5.88 Å². The maximum atomic E-state index is 14.7. The van der Waals surface area contributed by atoms with Gasteiger partial charge in [0.25, 0.3) is 0 Å². The van der Waals surface area contributed by atoms with E-state index >= 15 is 0 Å². The Balaban J connectivity index is 1.29. The van der Waals surface area contributed by atoms with Crippen molar-refractivity contribution in [1.29, 1.82) is 0 Å². The quantitative estimate of drug-likeness (QED) is 0.284. The number of hydrogen-bond acceptors (Lipinski definition) is 7. The minimum Gasteiger partial charge on any atom is -0.494 e. The molecule has 0 aliphatic rings. The Morgan fingerprint density at radius 1 is 0.973 bits per heavy atom. The van der Waals surface area contributed by atoms with Gasteiger partial charge < -0.3 is 14.8 Å². The molecule has 188 valence electrons. The van der Waals surface area contributed by atoms with Crippen molar-refractivity contribution in [3.63, 3.8) is 0 Å². The molecule has 0 amide bonds. The van der Waals surface area contributed by atoms with E-state index in [1.807, 2.05) is 29.1 Å². The third-order valence-electron chi connectivity index (χ3n) is 5.91. The summed E-state index contributed by atoms with van der Waals surface area (Å²) in [5, 5.41) is 8.76. The average molecular weight is 519 g/mol. The number of rotatable bonds is 9. The fourth-order valence-corrected chi connectivity index (χ4v) is 4.22. The van der Waals surface area contributed by atoms with Crippen molar-refractivity contribution in [3.8, 4) is 11.6 Å². The first-order chi connectivity index (χ1) is 18.0. The summed E-state index contributed by atoms with van der Waals surface area (Å²) >= 11 is 6.21. The first kappa shape index (κ1) is 24.5. The lowest BCUT2D eigenvalue weighted by atomic mass is 10.1. The Morgan fingerprint density at radius 2 is 1.78 bits per heavy atom. The number of anilines is 1. The van der Waals surface area contributed by atoms with E-state index in [2.05, 4.69) is 49.6 Å². The summed E-state index contributed by atoms with van der Waals surface area (Å²) in [7, 11) is 3.03. The predicted octanol–water partition coefficient (Wildman–Crippen LogP) is 5.28. The Morgan fingerprint density at radius 3 is 2.57 bits per heavy atom. The third-order valence-corrected chi connectivity index (χ3v) is 6.26. The van der Waals surface area contributed by atoms with Crippen molar-refractivity contribution in [1.82, 2.24) is 24.7 Å². The standard InChI is InChI=1S/C27H24ClFN6O2/c1-36-23-11-10-22(28)20(25(23)29)13-30-26-21-15-35(34-27(21)32-16-31-26)14-18-8-6-17(7-9-18)12-19-4-3-5-24(33-19)37-2/h3-11,15-16H,12-14H2,1-2H3,(H,30,31,32,34). The lowest BCUT2D eigenvalue weighted by Crippen LogP contribution is -2.06. The molecule has 10 heteroatoms. The minimum absolute atomic E-state index is 0.128. The van der Waals surface area contributed by atoms with Crippen LogP contribution in [0.3, 0.4) is 0 Å². The highest BCUT2D eigenvalue weighted by Gasteiger charge is 2.15. The van der Waals surface area contributed by atoms with Gasteiger partial charge in [0, 0.05) is 41.5 Å². The molecular formula is C27H24ClFN6O2. The van der Waals surface area contributed by atoms with E-state index in [1.165, 1.54) is 19.5 Å². The Kier molecular flexibility index (Phi) is 7.14. The van der Waals surface area contributed by atoms with Crippen LogP contribution in [-0.4, -0.2) is 39.0 Å². The van der Waals surface area contributed by atoms with Crippen molar-refractivity contribution in [2.45, 2.75) is 19.5 Å². The molecule has 0 aliphatic carbocycles. The molecule has 1 N–H and O–H groups in total. The molecule has 0 radical (unpaired) electrons. The van der Waals surface area contributed by atoms with Gasteiger partial charge in [-0.25, -0.2) is 19.3 Å². The van der Waals surface area contributed by atoms with E-state index in [0.717, 1.165) is 22.2 Å². The van der Waals surface area contributed by atoms with Crippen LogP contribution in [0, 0.1) is 5.82 Å². The van der Waals surface area contributed by atoms with E-state index < -0.39 is 5.82 Å². The molecule has 3 heterocycles. The van der Waals surface area contributed by atoms with Gasteiger partial charge in [-0.1, -0.05) is 41.9 Å². The zero-order valence-corrected chi connectivity index (χ0v) is 21.0. The molecule has 8 nitrogen and oxygen atoms in total. The molecule has 2 aromatic carbocycles. The first-order valence-corrected chi connectivity index (χ1v) is 11.9. The molecule has 0 bridgehead atoms. The third kappa shape index (κ3) is 5.46. The van der Waals surface area contributed by atoms with Crippen molar-refractivity contribution in [3.05, 3.63) is 100 Å². The summed E-state index contributed by atoms with van der Waals surface area (Å²) in [6.07, 6.45) is 4.01. The second kappa shape index (κ2) is 10.8. The molecule has 0 aliphatic heterocycles. The van der Waals surface area contributed by atoms with Crippen molar-refractivity contribution < 1.29 is 13.9 Å². The van der Waals surface area contributed by atoms with Crippen molar-refractivity contribution in [2.75, 3.05) is 19.5 Å². The van der Waals surface area contributed by atoms with E-state index in [9.17, 15) is 4.39 Å². The van der Waals surface area contributed by atoms with E-state index in [-0.39, 0.29) is 12.3 Å². The predicted molar refractivity (Wildman–Crippen MR) is 140 cm³/mol. The highest BCUT2D eigenvalue weighted by Crippen LogP contribution is 2.28. The van der Waals surface area contributed by atoms with Gasteiger partial charge in [-0.3, -0.25) is 4.68 Å². The Hall–Kier alpha value is -4.24. The molecule has 0 saturated heterocycles. The van der Waals surface area contributed by atoms with Crippen LogP contribution in [-0.2, 0) is 19.5 Å². The number of nitrogens with zero attached hydrogens (tertiary/aromatic N) is 5. The molecule has 5 aromatic rings. The van der Waals surface area contributed by atoms with Gasteiger partial charge in [-0.05, 0) is 29.3 Å². The minimum atomic E-state index is -0.505. The van der Waals surface area contributed by atoms with Gasteiger partial charge in [0.1, 0.15) is 12.1 Å². The van der Waals surface area contributed by atoms with Crippen LogP contribution >= 0.6 is 11.6 Å². The molecule has 0 saturated carbocycles. The van der Waals surface area contributed by atoms with Crippen LogP contribution < -0.4 is 14.8 Å². The van der Waals surface area contributed by atoms with Gasteiger partial charge in [-0.2, -0.15) is 5.10 Å². The molecule has 37 heavy (non-hydrogen) atoms. The zero-order valence-electron chi connectivity index (χ0n) is 20.3. The lowest BCUT2D eigenvalue weighted by Gasteiger charge is -2.11. The SMILES string of the molecule is COc1cccc(Cc2ccc(Cn3cc4c(NCc5c(Cl)ccc(OC)c5F)ncnc4n3)cc2)n1. The van der Waals surface area contributed by atoms with Gasteiger partial charge >= 0.3 is 0 Å². The van der Waals surface area contributed by atoms with Crippen molar-refractivity contribution in [2.24, 2.45) is 0 Å². The van der Waals surface area contributed by atoms with Crippen LogP contribution in [0.25, 0.3) is 11.0 Å². The topological polar surface area (TPSA) is 87.0 Å². The molecule has 0 spiro atoms. The Bertz CT molecular complexity index is 1540. The average Bonchev–Trinajstić information content (AvgIpc) is 3.33. The number of ether oxygens (including phenoxy) is 2. The molecule has 0 atom stereocenters. The van der Waals surface area contributed by atoms with Gasteiger partial charge in [0.05, 0.1) is 26.2 Å². The van der Waals surface area contributed by atoms with Gasteiger partial charge in [0.15, 0.2) is 17.2 Å². The van der Waals surface area contributed by atoms with E-state index in [1.54, 1.807) is 13.2 Å². The number of aromatic nitrogens is 5. The fraction of sp³-hybridized carbons (Fsp3) is 0.185. The highest BCUT2D eigenvalue weighted by molar-refractivity contribution is 6.31. The van der Waals surface area contributed by atoms with E-state index in [4.69, 9.17) is 21.1 Å². The maximum Gasteiger partial charge on any atom is 0.213 e. The van der Waals surface area contributed by atoms with Crippen LogP contribution in [0.1, 0.15) is 22.4 Å². The summed E-state index contributed by atoms with van der Waals surface area (Å²) in [5.74, 6) is 0.769. The molecule has 0 fully saturated rings. The van der Waals surface area contributed by atoms with Crippen LogP contribution in [0.5, 0.6) is 11.6 Å². The number of nitrogens with one attached hydrogen (secondary N) is 1. The summed E-state index contributed by atoms with van der Waals surface area (Å²) in [4.78, 5) is 13.1. The molecule has 5 rings (SSSR count). The first-order valence-electron chi connectivity index (χ1n) is 11.5. The van der Waals surface area contributed by atoms with Crippen LogP contribution in [0.15, 0.2) is 67.1 Å². The summed E-state index contributed by atoms with van der Waals surface area (Å²) in [5.41, 5.74) is 4.01. The largest absolute Gasteiger partial charge is 0.494 e. The van der Waals surface area contributed by atoms with Crippen molar-refractivity contribution >= 4 is 28.5 Å². The second-order valence-corrected chi connectivity index (χ2v) is 8.75. The number of benzene rings is 2. The number of pyridine rings is 1. The highest BCUT2D eigenvalue weighted by atomic mass is 35.5. The molecule has 3 aromatic heterocycles. The summed E-state index contributed by atoms with van der Waals surface area (Å²) < 4.78 is 26.7. The zero-order chi connectivity index (χ0) is 25.8. The molecular weight excluding hydrogens is 495 g/mol. The second-order valence-electron chi connectivity index (χ2n) is 8.35. The summed E-state index contributed by atoms with van der Waals surface area (Å²) in [6.45, 7) is 0.687. The monoisotopic (exact) mass is 518 g/mol. The maximum absolute atomic E-state index is 14.7. The van der Waals surface area contributed by atoms with Crippen LogP contribution in [0.2, 0.25) is 5.02 Å².